The first-order chi connectivity index (χ1) is 14.9. The molecule has 2 aliphatic rings. The zero-order valence-electron chi connectivity index (χ0n) is 18.3. The number of pyridine rings is 1. The van der Waals surface area contributed by atoms with Gasteiger partial charge >= 0.3 is 0 Å². The largest absolute Gasteiger partial charge is 0.395 e. The van der Waals surface area contributed by atoms with Crippen LogP contribution in [-0.4, -0.2) is 39.6 Å². The maximum absolute atomic E-state index is 5.96. The Bertz CT molecular complexity index is 940. The fraction of sp³-hybridized carbons (Fsp3) is 0.522. The first kappa shape index (κ1) is 21.7. The van der Waals surface area contributed by atoms with Crippen molar-refractivity contribution in [1.29, 1.82) is 0 Å². The van der Waals surface area contributed by atoms with Gasteiger partial charge in [-0.3, -0.25) is 4.98 Å². The molecule has 0 fully saturated rings. The van der Waals surface area contributed by atoms with E-state index in [2.05, 4.69) is 51.2 Å². The molecular formula is C23H28ClN5O2. The van der Waals surface area contributed by atoms with Crippen molar-refractivity contribution >= 4 is 23.0 Å². The highest BCUT2D eigenvalue weighted by molar-refractivity contribution is 6.28. The Morgan fingerprint density at radius 3 is 2.19 bits per heavy atom. The summed E-state index contributed by atoms with van der Waals surface area (Å²) in [4.78, 5) is 24.5. The number of halogens is 1. The molecule has 0 aliphatic heterocycles. The Morgan fingerprint density at radius 2 is 1.52 bits per heavy atom. The Kier molecular flexibility index (Phi) is 6.51. The Hall–Kier alpha value is -2.54. The number of rotatable bonds is 6. The molecule has 0 saturated heterocycles. The zero-order chi connectivity index (χ0) is 21.8. The van der Waals surface area contributed by atoms with Crippen LogP contribution >= 0.6 is 11.6 Å². The van der Waals surface area contributed by atoms with E-state index in [-0.39, 0.29) is 10.7 Å². The van der Waals surface area contributed by atoms with E-state index < -0.39 is 0 Å². The lowest BCUT2D eigenvalue weighted by Crippen LogP contribution is -2.25. The second-order valence-corrected chi connectivity index (χ2v) is 9.31. The Labute approximate surface area is 187 Å². The molecule has 2 heterocycles. The van der Waals surface area contributed by atoms with Gasteiger partial charge in [0.15, 0.2) is 0 Å². The van der Waals surface area contributed by atoms with Gasteiger partial charge in [0.2, 0.25) is 5.28 Å². The standard InChI is InChI=1S/C23H28ClN5O2/c1-15-10-11-16-6-4-8-18(20(16)26-15)28-30-13-23(2,3)14-31-29-19-9-5-7-17-12-25-22(24)27-21(17)19/h10-12H,4-9,13-14H2,1-3H3/b28-18+,29-19+. The third kappa shape index (κ3) is 5.39. The summed E-state index contributed by atoms with van der Waals surface area (Å²) >= 11 is 5.96. The van der Waals surface area contributed by atoms with Crippen LogP contribution in [0.2, 0.25) is 5.28 Å². The van der Waals surface area contributed by atoms with Gasteiger partial charge in [-0.15, -0.1) is 0 Å². The lowest BCUT2D eigenvalue weighted by Gasteiger charge is -2.23. The SMILES string of the molecule is Cc1ccc2c(n1)/C(=N/OCC(C)(C)CO/N=C1\CCCc3cnc(Cl)nc31)CCC2. The average Bonchev–Trinajstić information content (AvgIpc) is 2.74. The molecule has 0 aromatic carbocycles. The molecule has 0 saturated carbocycles. The highest BCUT2D eigenvalue weighted by Gasteiger charge is 2.23. The Morgan fingerprint density at radius 1 is 0.903 bits per heavy atom. The van der Waals surface area contributed by atoms with E-state index in [1.807, 2.05) is 6.92 Å². The van der Waals surface area contributed by atoms with Crippen LogP contribution in [0.25, 0.3) is 0 Å². The number of aromatic nitrogens is 3. The number of hydrogen-bond donors (Lipinski definition) is 0. The second-order valence-electron chi connectivity index (χ2n) is 8.97. The predicted molar refractivity (Wildman–Crippen MR) is 121 cm³/mol. The van der Waals surface area contributed by atoms with Gasteiger partial charge in [0.05, 0.1) is 11.4 Å². The molecule has 164 valence electrons. The van der Waals surface area contributed by atoms with E-state index in [1.165, 1.54) is 5.56 Å². The molecule has 0 atom stereocenters. The van der Waals surface area contributed by atoms with Crippen molar-refractivity contribution in [2.24, 2.45) is 15.7 Å². The number of oxime groups is 2. The van der Waals surface area contributed by atoms with Crippen molar-refractivity contribution < 1.29 is 9.68 Å². The van der Waals surface area contributed by atoms with Crippen LogP contribution < -0.4 is 0 Å². The fourth-order valence-electron chi connectivity index (χ4n) is 3.77. The van der Waals surface area contributed by atoms with Crippen LogP contribution in [0.1, 0.15) is 67.7 Å². The average molecular weight is 442 g/mol. The summed E-state index contributed by atoms with van der Waals surface area (Å²) in [5, 5.41) is 9.01. The molecule has 8 heteroatoms. The minimum atomic E-state index is -0.257. The monoisotopic (exact) mass is 441 g/mol. The van der Waals surface area contributed by atoms with Crippen molar-refractivity contribution in [3.8, 4) is 0 Å². The van der Waals surface area contributed by atoms with Crippen molar-refractivity contribution in [3.63, 3.8) is 0 Å². The topological polar surface area (TPSA) is 81.9 Å². The van der Waals surface area contributed by atoms with Crippen LogP contribution in [0.5, 0.6) is 0 Å². The molecule has 0 radical (unpaired) electrons. The minimum absolute atomic E-state index is 0.232. The molecular weight excluding hydrogens is 414 g/mol. The van der Waals surface area contributed by atoms with E-state index in [4.69, 9.17) is 21.3 Å². The van der Waals surface area contributed by atoms with Crippen LogP contribution in [0.15, 0.2) is 28.6 Å². The van der Waals surface area contributed by atoms with Gasteiger partial charge in [-0.05, 0) is 74.2 Å². The van der Waals surface area contributed by atoms with E-state index >= 15 is 0 Å². The first-order valence-corrected chi connectivity index (χ1v) is 11.2. The quantitative estimate of drug-likeness (QED) is 0.480. The van der Waals surface area contributed by atoms with Gasteiger partial charge in [-0.2, -0.15) is 0 Å². The summed E-state index contributed by atoms with van der Waals surface area (Å²) in [5.74, 6) is 0. The molecule has 4 rings (SSSR count). The van der Waals surface area contributed by atoms with Crippen molar-refractivity contribution in [2.45, 2.75) is 59.3 Å². The van der Waals surface area contributed by atoms with E-state index in [1.54, 1.807) is 6.20 Å². The van der Waals surface area contributed by atoms with Crippen molar-refractivity contribution in [2.75, 3.05) is 13.2 Å². The number of fused-ring (bicyclic) bond motifs is 2. The predicted octanol–water partition coefficient (Wildman–Crippen LogP) is 4.67. The molecule has 0 amide bonds. The van der Waals surface area contributed by atoms with Crippen LogP contribution in [0.3, 0.4) is 0 Å². The fourth-order valence-corrected chi connectivity index (χ4v) is 3.91. The number of nitrogens with zero attached hydrogens (tertiary/aromatic N) is 5. The van der Waals surface area contributed by atoms with Gasteiger partial charge in [-0.1, -0.05) is 30.2 Å². The molecule has 7 nitrogen and oxygen atoms in total. The molecule has 0 N–H and O–H groups in total. The van der Waals surface area contributed by atoms with E-state index in [0.29, 0.717) is 13.2 Å². The molecule has 0 bridgehead atoms. The van der Waals surface area contributed by atoms with Crippen molar-refractivity contribution in [1.82, 2.24) is 15.0 Å². The van der Waals surface area contributed by atoms with E-state index in [0.717, 1.165) is 72.6 Å². The summed E-state index contributed by atoms with van der Waals surface area (Å²) in [6.07, 6.45) is 7.52. The molecule has 0 unspecified atom stereocenters. The van der Waals surface area contributed by atoms with Crippen LogP contribution in [0.4, 0.5) is 0 Å². The molecule has 2 aromatic rings. The normalized spacial score (nSPS) is 18.6. The third-order valence-electron chi connectivity index (χ3n) is 5.48. The summed E-state index contributed by atoms with van der Waals surface area (Å²) in [7, 11) is 0. The molecule has 2 aromatic heterocycles. The van der Waals surface area contributed by atoms with Gasteiger partial charge in [0.1, 0.15) is 24.6 Å². The Balaban J connectivity index is 1.35. The highest BCUT2D eigenvalue weighted by atomic mass is 35.5. The second kappa shape index (κ2) is 9.30. The molecule has 31 heavy (non-hydrogen) atoms. The summed E-state index contributed by atoms with van der Waals surface area (Å²) in [6.45, 7) is 6.97. The van der Waals surface area contributed by atoms with Gasteiger partial charge in [-0.25, -0.2) is 9.97 Å². The lowest BCUT2D eigenvalue weighted by atomic mass is 9.94. The molecule has 0 spiro atoms. The van der Waals surface area contributed by atoms with Crippen molar-refractivity contribution in [3.05, 3.63) is 51.8 Å². The van der Waals surface area contributed by atoms with Crippen LogP contribution in [0, 0.1) is 12.3 Å². The van der Waals surface area contributed by atoms with Crippen LogP contribution in [-0.2, 0) is 22.5 Å². The third-order valence-corrected chi connectivity index (χ3v) is 5.66. The van der Waals surface area contributed by atoms with Gasteiger partial charge < -0.3 is 9.68 Å². The van der Waals surface area contributed by atoms with E-state index in [9.17, 15) is 0 Å². The van der Waals surface area contributed by atoms with Gasteiger partial charge in [0.25, 0.3) is 0 Å². The zero-order valence-corrected chi connectivity index (χ0v) is 19.1. The number of hydrogen-bond acceptors (Lipinski definition) is 7. The lowest BCUT2D eigenvalue weighted by molar-refractivity contribution is -0.000312. The maximum atomic E-state index is 5.96. The maximum Gasteiger partial charge on any atom is 0.222 e. The smallest absolute Gasteiger partial charge is 0.222 e. The first-order valence-electron chi connectivity index (χ1n) is 10.8. The summed E-state index contributed by atoms with van der Waals surface area (Å²) in [5.41, 5.74) is 6.57. The minimum Gasteiger partial charge on any atom is -0.395 e. The van der Waals surface area contributed by atoms with Gasteiger partial charge in [0, 0.05) is 17.3 Å². The summed E-state index contributed by atoms with van der Waals surface area (Å²) in [6, 6.07) is 4.19. The number of aryl methyl sites for hydroxylation is 3. The molecule has 2 aliphatic carbocycles. The highest BCUT2D eigenvalue weighted by Crippen LogP contribution is 2.23. The summed E-state index contributed by atoms with van der Waals surface area (Å²) < 4.78 is 0.